The molecule has 4 atom stereocenters. The van der Waals surface area contributed by atoms with Crippen molar-refractivity contribution in [1.82, 2.24) is 50.3 Å². The Morgan fingerprint density at radius 2 is 1.22 bits per heavy atom. The Bertz CT molecular complexity index is 3650. The van der Waals surface area contributed by atoms with Gasteiger partial charge in [0.15, 0.2) is 0 Å². The van der Waals surface area contributed by atoms with Crippen LogP contribution in [0.1, 0.15) is 74.4 Å². The number of phosphoric acid groups is 1. The van der Waals surface area contributed by atoms with E-state index in [0.29, 0.717) is 42.1 Å². The predicted octanol–water partition coefficient (Wildman–Crippen LogP) is 1.56. The van der Waals surface area contributed by atoms with Crippen molar-refractivity contribution in [3.63, 3.8) is 0 Å². The second kappa shape index (κ2) is 41.6. The molecule has 0 aliphatic carbocycles. The molecule has 99 heavy (non-hydrogen) atoms. The molecule has 29 heteroatoms. The molecule has 3 N–H and O–H groups in total. The maximum Gasteiger partial charge on any atom is 1.00 e. The summed E-state index contributed by atoms with van der Waals surface area (Å²) in [4.78, 5) is 122. The van der Waals surface area contributed by atoms with Crippen LogP contribution >= 0.6 is 19.4 Å². The number of nitrogens with one attached hydrogen (secondary N) is 3. The first-order chi connectivity index (χ1) is 46.6. The molecule has 10 rings (SSSR count). The molecule has 4 fully saturated rings. The van der Waals surface area contributed by atoms with Gasteiger partial charge in [0, 0.05) is 83.5 Å². The van der Waals surface area contributed by atoms with Crippen LogP contribution in [0.3, 0.4) is 0 Å². The summed E-state index contributed by atoms with van der Waals surface area (Å²) >= 11 is 6.41. The monoisotopic (exact) mass is 1420 g/mol. The van der Waals surface area contributed by atoms with E-state index in [1.54, 1.807) is 51.3 Å². The second-order valence-corrected chi connectivity index (χ2v) is 24.0. The minimum Gasteiger partial charge on any atom is -0.780 e. The van der Waals surface area contributed by atoms with Gasteiger partial charge in [-0.1, -0.05) is 149 Å². The summed E-state index contributed by atoms with van der Waals surface area (Å²) in [6, 6.07) is 38.5. The zero-order chi connectivity index (χ0) is 70.9. The van der Waals surface area contributed by atoms with Crippen LogP contribution in [0.5, 0.6) is 5.75 Å². The van der Waals surface area contributed by atoms with Crippen LogP contribution in [-0.4, -0.2) is 167 Å². The molecule has 6 aromatic carbocycles. The number of hydrogen-bond donors (Lipinski definition) is 3. The Hall–Kier alpha value is -7.07. The van der Waals surface area contributed by atoms with Gasteiger partial charge in [-0.25, -0.2) is 28.6 Å². The Kier molecular flexibility index (Phi) is 35.5. The normalized spacial score (nSPS) is 17.3. The van der Waals surface area contributed by atoms with Crippen molar-refractivity contribution < 1.29 is 120 Å². The minimum absolute atomic E-state index is 0. The SMILES string of the molecule is C=CCN1CC(=O)N2[C@@H](Cc3ccc(OP(=O)([O-])[O-])cc3)C(=O)N(Cc3ccc(Cl)c(N(C)C)c3)C[C@@H]2N1C(=O)NCc1ccccc1.CC.CC.CCCN1CC(=O)N2C(CN(Cc3ccc(F)cc3F)C(=O)[C@@H]2Cc2ccc(NC=O)cc2)N1C=O.CNCc1ccccc1.[Na+].[Na+]. The summed E-state index contributed by atoms with van der Waals surface area (Å²) in [7, 11) is 0.414. The summed E-state index contributed by atoms with van der Waals surface area (Å²) in [5.74, 6) is -3.02. The number of anilines is 2. The average molecular weight is 1420 g/mol. The minimum atomic E-state index is -5.26. The molecular formula is C70H86ClF2N12Na2O11P. The third-order valence-electron chi connectivity index (χ3n) is 15.8. The van der Waals surface area contributed by atoms with Gasteiger partial charge in [-0.2, -0.15) is 0 Å². The van der Waals surface area contributed by atoms with Gasteiger partial charge >= 0.3 is 65.1 Å². The molecule has 6 aromatic rings. The number of amides is 8. The number of hydrogen-bond acceptors (Lipinski definition) is 15. The van der Waals surface area contributed by atoms with Crippen LogP contribution in [0.15, 0.2) is 158 Å². The zero-order valence-electron chi connectivity index (χ0n) is 57.9. The van der Waals surface area contributed by atoms with Crippen LogP contribution < -0.4 is 94.3 Å². The molecule has 4 aliphatic heterocycles. The van der Waals surface area contributed by atoms with Crippen molar-refractivity contribution in [1.29, 1.82) is 0 Å². The first-order valence-electron chi connectivity index (χ1n) is 32.0. The number of nitrogens with zero attached hydrogens (tertiary/aromatic N) is 9. The molecule has 0 aromatic heterocycles. The Morgan fingerprint density at radius 1 is 0.697 bits per heavy atom. The fourth-order valence-electron chi connectivity index (χ4n) is 11.5. The van der Waals surface area contributed by atoms with Crippen molar-refractivity contribution >= 4 is 73.3 Å². The van der Waals surface area contributed by atoms with Gasteiger partial charge in [0.05, 0.1) is 36.9 Å². The summed E-state index contributed by atoms with van der Waals surface area (Å²) < 4.78 is 43.4. The van der Waals surface area contributed by atoms with Gasteiger partial charge in [0.1, 0.15) is 49.6 Å². The molecular weight excluding hydrogens is 1340 g/mol. The number of fused-ring (bicyclic) bond motifs is 2. The van der Waals surface area contributed by atoms with E-state index in [1.807, 2.05) is 121 Å². The van der Waals surface area contributed by atoms with E-state index in [4.69, 9.17) is 11.6 Å². The van der Waals surface area contributed by atoms with Crippen LogP contribution in [0.2, 0.25) is 5.02 Å². The molecule has 4 aliphatic rings. The van der Waals surface area contributed by atoms with E-state index in [9.17, 15) is 56.7 Å². The van der Waals surface area contributed by atoms with Crippen molar-refractivity contribution in [3.8, 4) is 5.75 Å². The van der Waals surface area contributed by atoms with Crippen LogP contribution in [0, 0.1) is 11.6 Å². The summed E-state index contributed by atoms with van der Waals surface area (Å²) in [6.45, 7) is 15.5. The second-order valence-electron chi connectivity index (χ2n) is 22.5. The largest absolute Gasteiger partial charge is 1.00 e. The third kappa shape index (κ3) is 23.5. The van der Waals surface area contributed by atoms with Crippen molar-refractivity contribution in [2.75, 3.05) is 70.6 Å². The summed E-state index contributed by atoms with van der Waals surface area (Å²) in [5.41, 5.74) is 5.82. The van der Waals surface area contributed by atoms with Gasteiger partial charge in [0.25, 0.3) is 0 Å². The van der Waals surface area contributed by atoms with E-state index >= 15 is 0 Å². The number of carbonyl (C=O) groups is 7. The van der Waals surface area contributed by atoms with E-state index in [-0.39, 0.29) is 153 Å². The predicted molar refractivity (Wildman–Crippen MR) is 364 cm³/mol. The molecule has 8 amide bonds. The maximum absolute atomic E-state index is 14.4. The number of piperazine rings is 2. The first kappa shape index (κ1) is 84.3. The molecule has 0 bridgehead atoms. The number of rotatable bonds is 22. The van der Waals surface area contributed by atoms with E-state index in [2.05, 4.69) is 39.2 Å². The standard InChI is InChI=1S/C33H38ClN6O7P.C25H27F2N5O4.C8H11N.2C2H6.2Na/c1-4-16-38-22-31(41)39-29(17-23-10-13-26(14-11-23)47-48(44,45)46)32(42)37(20-25-12-15-27(34)28(18-25)36(2)3)21-30(39)40(38)33(43)35-19-24-8-6-5-7-9-24;1-2-9-30-14-24(35)32-22(10-17-3-7-20(8-4-17)28-15-33)25(36)29(13-23(32)31(30)16-34)12-18-5-6-19(26)11-21(18)27;1-9-7-8-5-3-2-4-6-8;2*1-2;;/h4-15,18,29-30H,1,16-17,19-22H2,2-3H3,(H,35,43)(H2,44,45,46);3-8,11,15-16,22-23H,2,9-10,12-14H2,1H3,(H,28,33);2-6,9H,7H2,1H3;2*1-2H3;;/q;;;;;2*+1/p-2/t29-,30-;22-,23?;;;;;/m00...../s1. The molecule has 1 unspecified atom stereocenters. The molecule has 0 radical (unpaired) electrons. The number of hydrazine groups is 2. The Labute approximate surface area is 628 Å². The molecule has 4 heterocycles. The molecule has 4 saturated heterocycles. The molecule has 520 valence electrons. The van der Waals surface area contributed by atoms with Gasteiger partial charge in [-0.3, -0.25) is 33.8 Å². The van der Waals surface area contributed by atoms with Crippen LogP contribution in [0.4, 0.5) is 25.0 Å². The van der Waals surface area contributed by atoms with Crippen molar-refractivity contribution in [2.45, 2.75) is 104 Å². The van der Waals surface area contributed by atoms with Crippen LogP contribution in [0.25, 0.3) is 0 Å². The third-order valence-corrected chi connectivity index (χ3v) is 16.5. The molecule has 23 nitrogen and oxygen atoms in total. The van der Waals surface area contributed by atoms with Gasteiger partial charge in [-0.05, 0) is 83.8 Å². The van der Waals surface area contributed by atoms with E-state index in [0.717, 1.165) is 41.1 Å². The van der Waals surface area contributed by atoms with Gasteiger partial charge in [0.2, 0.25) is 36.4 Å². The zero-order valence-corrected chi connectivity index (χ0v) is 63.5. The number of carbonyl (C=O) groups excluding carboxylic acids is 7. The maximum atomic E-state index is 14.4. The summed E-state index contributed by atoms with van der Waals surface area (Å²) in [6.07, 6.45) is 2.09. The summed E-state index contributed by atoms with van der Waals surface area (Å²) in [5, 5.41) is 15.3. The average Bonchev–Trinajstić information content (AvgIpc) is 0.755. The fourth-order valence-corrected chi connectivity index (χ4v) is 12.2. The van der Waals surface area contributed by atoms with E-state index in [1.165, 1.54) is 60.6 Å². The molecule has 0 spiro atoms. The van der Waals surface area contributed by atoms with Gasteiger partial charge in [-0.15, -0.1) is 6.58 Å². The fraction of sp³-hybridized carbons (Fsp3) is 0.357. The van der Waals surface area contributed by atoms with Gasteiger partial charge < -0.3 is 59.3 Å². The van der Waals surface area contributed by atoms with Crippen LogP contribution in [-0.2, 0) is 72.4 Å². The number of phosphoric ester groups is 1. The Morgan fingerprint density at radius 3 is 1.74 bits per heavy atom. The van der Waals surface area contributed by atoms with Crippen molar-refractivity contribution in [2.24, 2.45) is 0 Å². The number of benzene rings is 6. The first-order valence-corrected chi connectivity index (χ1v) is 33.8. The quantitative estimate of drug-likeness (QED) is 0.0377. The smallest absolute Gasteiger partial charge is 0.780 e. The number of urea groups is 1. The molecule has 0 saturated carbocycles. The van der Waals surface area contributed by atoms with E-state index < -0.39 is 55.8 Å². The van der Waals surface area contributed by atoms with Crippen molar-refractivity contribution in [3.05, 3.63) is 208 Å². The Balaban J connectivity index is 0.000000359. The number of halogens is 3. The topological polar surface area (TPSA) is 257 Å².